The molecule has 1 N–H and O–H groups in total. The third kappa shape index (κ3) is 5.93. The number of ether oxygens (including phenoxy) is 1. The van der Waals surface area contributed by atoms with Crippen LogP contribution in [-0.2, 0) is 9.59 Å². The summed E-state index contributed by atoms with van der Waals surface area (Å²) < 4.78 is 5.61. The van der Waals surface area contributed by atoms with Gasteiger partial charge < -0.3 is 10.1 Å². The van der Waals surface area contributed by atoms with E-state index in [4.69, 9.17) is 16.3 Å². The Morgan fingerprint density at radius 2 is 1.80 bits per heavy atom. The van der Waals surface area contributed by atoms with Crippen molar-refractivity contribution in [2.24, 2.45) is 0 Å². The van der Waals surface area contributed by atoms with E-state index in [1.54, 1.807) is 54.6 Å². The van der Waals surface area contributed by atoms with Crippen LogP contribution in [0.2, 0.25) is 5.02 Å². The number of rotatable bonds is 7. The van der Waals surface area contributed by atoms with E-state index in [1.165, 1.54) is 0 Å². The zero-order chi connectivity index (χ0) is 24.9. The molecule has 1 aliphatic heterocycles. The number of halogens is 1. The molecule has 1 heterocycles. The highest BCUT2D eigenvalue weighted by Gasteiger charge is 2.36. The van der Waals surface area contributed by atoms with Gasteiger partial charge in [0.2, 0.25) is 0 Å². The Hall–Kier alpha value is -3.55. The minimum absolute atomic E-state index is 0.135. The molecule has 3 aromatic rings. The van der Waals surface area contributed by atoms with Crippen LogP contribution >= 0.6 is 23.4 Å². The summed E-state index contributed by atoms with van der Waals surface area (Å²) in [7, 11) is 0. The molecular weight excluding hydrogens is 484 g/mol. The van der Waals surface area contributed by atoms with Crippen LogP contribution in [0.4, 0.5) is 16.2 Å². The highest BCUT2D eigenvalue weighted by atomic mass is 35.5. The van der Waals surface area contributed by atoms with Crippen LogP contribution < -0.4 is 15.0 Å². The standard InChI is InChI=1S/C27H23ClN2O4S/c1-17(2)22-8-3-4-9-23(22)29-25(31)16-34-21-12-10-18(11-13-21)14-24-26(32)30(27(33)35-24)20-7-5-6-19(28)15-20/h3-15,17H,16H2,1-2H3,(H,29,31)/b24-14-. The second-order valence-electron chi connectivity index (χ2n) is 8.14. The van der Waals surface area contributed by atoms with Crippen LogP contribution in [0.3, 0.4) is 0 Å². The Morgan fingerprint density at radius 3 is 2.51 bits per heavy atom. The fourth-order valence-electron chi connectivity index (χ4n) is 3.57. The lowest BCUT2D eigenvalue weighted by atomic mass is 10.0. The van der Waals surface area contributed by atoms with Crippen LogP contribution in [0.5, 0.6) is 5.75 Å². The normalized spacial score (nSPS) is 14.6. The zero-order valence-electron chi connectivity index (χ0n) is 19.2. The molecule has 0 unspecified atom stereocenters. The molecule has 4 rings (SSSR count). The van der Waals surface area contributed by atoms with E-state index in [0.717, 1.165) is 33.5 Å². The minimum atomic E-state index is -0.402. The molecule has 0 radical (unpaired) electrons. The number of carbonyl (C=O) groups is 3. The van der Waals surface area contributed by atoms with Crippen molar-refractivity contribution in [3.63, 3.8) is 0 Å². The average Bonchev–Trinajstić information content (AvgIpc) is 3.11. The lowest BCUT2D eigenvalue weighted by Crippen LogP contribution is -2.27. The summed E-state index contributed by atoms with van der Waals surface area (Å²) in [5.41, 5.74) is 2.99. The maximum absolute atomic E-state index is 12.8. The second kappa shape index (κ2) is 10.8. The lowest BCUT2D eigenvalue weighted by molar-refractivity contribution is -0.118. The van der Waals surface area contributed by atoms with Gasteiger partial charge in [0.1, 0.15) is 5.75 Å². The highest BCUT2D eigenvalue weighted by molar-refractivity contribution is 8.19. The van der Waals surface area contributed by atoms with Crippen LogP contribution in [0.1, 0.15) is 30.9 Å². The maximum atomic E-state index is 12.8. The van der Waals surface area contributed by atoms with E-state index in [1.807, 2.05) is 24.3 Å². The van der Waals surface area contributed by atoms with E-state index in [-0.39, 0.29) is 23.7 Å². The summed E-state index contributed by atoms with van der Waals surface area (Å²) in [6.07, 6.45) is 1.65. The van der Waals surface area contributed by atoms with Crippen molar-refractivity contribution >= 4 is 57.9 Å². The summed E-state index contributed by atoms with van der Waals surface area (Å²) in [5.74, 6) is 0.145. The van der Waals surface area contributed by atoms with Crippen molar-refractivity contribution < 1.29 is 19.1 Å². The van der Waals surface area contributed by atoms with Crippen molar-refractivity contribution in [3.05, 3.63) is 93.9 Å². The van der Waals surface area contributed by atoms with Crippen LogP contribution in [0.25, 0.3) is 6.08 Å². The van der Waals surface area contributed by atoms with Crippen molar-refractivity contribution in [2.45, 2.75) is 19.8 Å². The molecule has 0 spiro atoms. The minimum Gasteiger partial charge on any atom is -0.484 e. The van der Waals surface area contributed by atoms with E-state index >= 15 is 0 Å². The third-order valence-electron chi connectivity index (χ3n) is 5.26. The number of carbonyl (C=O) groups excluding carboxylic acids is 3. The van der Waals surface area contributed by atoms with Gasteiger partial charge >= 0.3 is 0 Å². The molecule has 0 atom stereocenters. The number of benzene rings is 3. The van der Waals surface area contributed by atoms with Crippen LogP contribution in [0, 0.1) is 0 Å². The SMILES string of the molecule is CC(C)c1ccccc1NC(=O)COc1ccc(/C=C2\SC(=O)N(c3cccc(Cl)c3)C2=O)cc1. The number of para-hydroxylation sites is 1. The first-order valence-electron chi connectivity index (χ1n) is 11.0. The van der Waals surface area contributed by atoms with Gasteiger partial charge in [-0.05, 0) is 71.3 Å². The molecule has 35 heavy (non-hydrogen) atoms. The number of hydrogen-bond donors (Lipinski definition) is 1. The first kappa shape index (κ1) is 24.6. The number of imide groups is 1. The molecule has 1 saturated heterocycles. The van der Waals surface area contributed by atoms with Gasteiger partial charge in [-0.1, -0.05) is 61.8 Å². The van der Waals surface area contributed by atoms with Gasteiger partial charge in [0, 0.05) is 10.7 Å². The number of nitrogens with one attached hydrogen (secondary N) is 1. The molecule has 3 amide bonds. The number of thioether (sulfide) groups is 1. The van der Waals surface area contributed by atoms with Gasteiger partial charge in [-0.2, -0.15) is 0 Å². The molecular formula is C27H23ClN2O4S. The molecule has 1 aliphatic rings. The van der Waals surface area contributed by atoms with Gasteiger partial charge in [0.25, 0.3) is 17.1 Å². The van der Waals surface area contributed by atoms with E-state index < -0.39 is 5.91 Å². The van der Waals surface area contributed by atoms with Gasteiger partial charge in [-0.3, -0.25) is 14.4 Å². The molecule has 3 aromatic carbocycles. The zero-order valence-corrected chi connectivity index (χ0v) is 20.7. The van der Waals surface area contributed by atoms with Gasteiger partial charge in [-0.25, -0.2) is 4.90 Å². The van der Waals surface area contributed by atoms with Crippen molar-refractivity contribution in [3.8, 4) is 5.75 Å². The Morgan fingerprint density at radius 1 is 1.06 bits per heavy atom. The fraction of sp³-hybridized carbons (Fsp3) is 0.148. The van der Waals surface area contributed by atoms with Crippen molar-refractivity contribution in [1.82, 2.24) is 0 Å². The third-order valence-corrected chi connectivity index (χ3v) is 6.37. The molecule has 0 saturated carbocycles. The molecule has 8 heteroatoms. The molecule has 178 valence electrons. The molecule has 1 fully saturated rings. The predicted molar refractivity (Wildman–Crippen MR) is 141 cm³/mol. The Labute approximate surface area is 212 Å². The van der Waals surface area contributed by atoms with E-state index in [9.17, 15) is 14.4 Å². The lowest BCUT2D eigenvalue weighted by Gasteiger charge is -2.14. The number of anilines is 2. The Balaban J connectivity index is 1.37. The van der Waals surface area contributed by atoms with Crippen LogP contribution in [0.15, 0.2) is 77.7 Å². The van der Waals surface area contributed by atoms with E-state index in [0.29, 0.717) is 21.4 Å². The summed E-state index contributed by atoms with van der Waals surface area (Å²) in [5, 5.41) is 2.96. The summed E-state index contributed by atoms with van der Waals surface area (Å²) in [6.45, 7) is 4.01. The number of amides is 3. The topological polar surface area (TPSA) is 75.7 Å². The summed E-state index contributed by atoms with van der Waals surface area (Å²) in [4.78, 5) is 39.0. The quantitative estimate of drug-likeness (QED) is 0.360. The predicted octanol–water partition coefficient (Wildman–Crippen LogP) is 6.72. The molecule has 0 aromatic heterocycles. The maximum Gasteiger partial charge on any atom is 0.298 e. The van der Waals surface area contributed by atoms with Crippen molar-refractivity contribution in [1.29, 1.82) is 0 Å². The van der Waals surface area contributed by atoms with Crippen molar-refractivity contribution in [2.75, 3.05) is 16.8 Å². The van der Waals surface area contributed by atoms with Crippen LogP contribution in [-0.4, -0.2) is 23.7 Å². The van der Waals surface area contributed by atoms with Gasteiger partial charge in [0.15, 0.2) is 6.61 Å². The first-order chi connectivity index (χ1) is 16.8. The molecule has 0 aliphatic carbocycles. The van der Waals surface area contributed by atoms with Gasteiger partial charge in [-0.15, -0.1) is 0 Å². The molecule has 0 bridgehead atoms. The molecule has 6 nitrogen and oxygen atoms in total. The van der Waals surface area contributed by atoms with Gasteiger partial charge in [0.05, 0.1) is 10.6 Å². The van der Waals surface area contributed by atoms with E-state index in [2.05, 4.69) is 19.2 Å². The number of nitrogens with zero attached hydrogens (tertiary/aromatic N) is 1. The summed E-state index contributed by atoms with van der Waals surface area (Å²) in [6, 6.07) is 21.2. The second-order valence-corrected chi connectivity index (χ2v) is 9.57. The summed E-state index contributed by atoms with van der Waals surface area (Å²) >= 11 is 6.87. The highest BCUT2D eigenvalue weighted by Crippen LogP contribution is 2.36. The fourth-order valence-corrected chi connectivity index (χ4v) is 4.59. The smallest absolute Gasteiger partial charge is 0.298 e. The first-order valence-corrected chi connectivity index (χ1v) is 12.2. The average molecular weight is 507 g/mol. The largest absolute Gasteiger partial charge is 0.484 e. The number of hydrogen-bond acceptors (Lipinski definition) is 5. The Kier molecular flexibility index (Phi) is 7.58. The monoisotopic (exact) mass is 506 g/mol. The Bertz CT molecular complexity index is 1300.